The normalized spacial score (nSPS) is 14.7. The van der Waals surface area contributed by atoms with Crippen LogP contribution in [0.25, 0.3) is 0 Å². The van der Waals surface area contributed by atoms with E-state index >= 15 is 0 Å². The molecule has 0 radical (unpaired) electrons. The Morgan fingerprint density at radius 1 is 0.692 bits per heavy atom. The standard InChI is InChI=1S/C40H62Br2O10/c1-7-11-23-48-36(43)34(29-39(5,41)31-52-51-28-26-47-22-10-4)19-17-32-13-15-33(16-14-32)18-20-35(37(44)49-24-12-8-2)30-40(6,42)38(45)50-27-25-46-21-9-3/h9-10,13-16,34-35H,3-4,7-8,11-12,17-31H2,1-2,5-6H3. The van der Waals surface area contributed by atoms with Crippen molar-refractivity contribution in [2.75, 3.05) is 59.5 Å². The zero-order chi connectivity index (χ0) is 38.7. The third-order valence-corrected chi connectivity index (χ3v) is 9.35. The van der Waals surface area contributed by atoms with Gasteiger partial charge in [-0.15, -0.1) is 13.2 Å². The zero-order valence-electron chi connectivity index (χ0n) is 31.8. The molecule has 0 aliphatic heterocycles. The molecule has 0 bridgehead atoms. The molecule has 0 saturated heterocycles. The Bertz CT molecular complexity index is 1160. The van der Waals surface area contributed by atoms with Gasteiger partial charge in [-0.2, -0.15) is 0 Å². The summed E-state index contributed by atoms with van der Waals surface area (Å²) in [6.07, 6.45) is 9.90. The van der Waals surface area contributed by atoms with Gasteiger partial charge in [0, 0.05) is 0 Å². The van der Waals surface area contributed by atoms with Gasteiger partial charge >= 0.3 is 17.9 Å². The second-order valence-corrected chi connectivity index (χ2v) is 17.0. The van der Waals surface area contributed by atoms with E-state index < -0.39 is 20.5 Å². The number of hydrogen-bond donors (Lipinski definition) is 0. The molecular weight excluding hydrogens is 800 g/mol. The third kappa shape index (κ3) is 22.2. The predicted molar refractivity (Wildman–Crippen MR) is 211 cm³/mol. The second kappa shape index (κ2) is 28.4. The lowest BCUT2D eigenvalue weighted by atomic mass is 9.89. The largest absolute Gasteiger partial charge is 0.465 e. The van der Waals surface area contributed by atoms with Gasteiger partial charge in [-0.05, 0) is 76.3 Å². The number of carbonyl (C=O) groups excluding carboxylic acids is 3. The molecule has 12 heteroatoms. The second-order valence-electron chi connectivity index (χ2n) is 13.3. The molecule has 1 aromatic carbocycles. The van der Waals surface area contributed by atoms with Gasteiger partial charge in [0.15, 0.2) is 0 Å². The summed E-state index contributed by atoms with van der Waals surface area (Å²) in [6.45, 7) is 17.9. The number of ether oxygens (including phenoxy) is 5. The molecule has 1 rings (SSSR count). The average Bonchev–Trinajstić information content (AvgIpc) is 3.11. The number of rotatable bonds is 32. The fourth-order valence-electron chi connectivity index (χ4n) is 5.14. The number of carbonyl (C=O) groups is 3. The lowest BCUT2D eigenvalue weighted by Crippen LogP contribution is -2.36. The zero-order valence-corrected chi connectivity index (χ0v) is 35.0. The molecule has 0 aromatic heterocycles. The Balaban J connectivity index is 2.86. The topological polar surface area (TPSA) is 116 Å². The number of aryl methyl sites for hydroxylation is 2. The first-order valence-corrected chi connectivity index (χ1v) is 20.1. The fourth-order valence-corrected chi connectivity index (χ4v) is 6.13. The van der Waals surface area contributed by atoms with Gasteiger partial charge in [0.05, 0.1) is 62.4 Å². The van der Waals surface area contributed by atoms with Crippen molar-refractivity contribution in [2.24, 2.45) is 11.8 Å². The summed E-state index contributed by atoms with van der Waals surface area (Å²) in [6, 6.07) is 8.21. The van der Waals surface area contributed by atoms with E-state index in [1.54, 1.807) is 19.1 Å². The minimum Gasteiger partial charge on any atom is -0.465 e. The SMILES string of the molecule is C=CCOCCOOCC(C)(Br)CC(CCc1ccc(CCC(CC(C)(Br)C(=O)OCCOCC=C)C(=O)OCCCC)cc1)C(=O)OCCCC. The van der Waals surface area contributed by atoms with Gasteiger partial charge in [0.1, 0.15) is 17.5 Å². The molecule has 4 atom stereocenters. The molecule has 4 unspecified atom stereocenters. The summed E-state index contributed by atoms with van der Waals surface area (Å²) < 4.78 is 25.6. The lowest BCUT2D eigenvalue weighted by Gasteiger charge is -2.26. The highest BCUT2D eigenvalue weighted by Gasteiger charge is 2.37. The molecule has 0 spiro atoms. The van der Waals surface area contributed by atoms with Crippen LogP contribution in [0, 0.1) is 11.8 Å². The number of esters is 3. The number of benzene rings is 1. The van der Waals surface area contributed by atoms with E-state index in [1.807, 2.05) is 26.0 Å². The van der Waals surface area contributed by atoms with Gasteiger partial charge in [-0.3, -0.25) is 14.4 Å². The molecule has 296 valence electrons. The van der Waals surface area contributed by atoms with E-state index in [4.69, 9.17) is 33.5 Å². The van der Waals surface area contributed by atoms with Gasteiger partial charge in [0.25, 0.3) is 0 Å². The maximum absolute atomic E-state index is 13.1. The maximum atomic E-state index is 13.1. The quantitative estimate of drug-likeness (QED) is 0.0133. The Labute approximate surface area is 328 Å². The number of unbranched alkanes of at least 4 members (excludes halogenated alkanes) is 2. The van der Waals surface area contributed by atoms with E-state index in [-0.39, 0.29) is 50.7 Å². The van der Waals surface area contributed by atoms with Crippen molar-refractivity contribution in [3.8, 4) is 0 Å². The van der Waals surface area contributed by atoms with Crippen molar-refractivity contribution in [2.45, 2.75) is 101 Å². The van der Waals surface area contributed by atoms with Crippen LogP contribution in [0.15, 0.2) is 49.6 Å². The molecule has 0 saturated carbocycles. The minimum absolute atomic E-state index is 0.110. The lowest BCUT2D eigenvalue weighted by molar-refractivity contribution is -0.302. The predicted octanol–water partition coefficient (Wildman–Crippen LogP) is 8.45. The summed E-state index contributed by atoms with van der Waals surface area (Å²) in [5.74, 6) is -1.84. The van der Waals surface area contributed by atoms with E-state index in [0.717, 1.165) is 36.8 Å². The molecule has 10 nitrogen and oxygen atoms in total. The molecule has 0 amide bonds. The Morgan fingerprint density at radius 2 is 1.17 bits per heavy atom. The first kappa shape index (κ1) is 47.9. The molecule has 0 aliphatic rings. The van der Waals surface area contributed by atoms with Crippen LogP contribution in [0.3, 0.4) is 0 Å². The number of halogens is 2. The third-order valence-electron chi connectivity index (χ3n) is 8.15. The Hall–Kier alpha value is -2.09. The molecule has 0 N–H and O–H groups in total. The molecule has 52 heavy (non-hydrogen) atoms. The molecule has 0 fully saturated rings. The summed E-state index contributed by atoms with van der Waals surface area (Å²) in [4.78, 5) is 49.8. The number of hydrogen-bond acceptors (Lipinski definition) is 10. The van der Waals surface area contributed by atoms with Gasteiger partial charge < -0.3 is 23.7 Å². The Kier molecular flexibility index (Phi) is 26.1. The van der Waals surface area contributed by atoms with Gasteiger partial charge in [-0.25, -0.2) is 9.78 Å². The average molecular weight is 863 g/mol. The summed E-state index contributed by atoms with van der Waals surface area (Å²) in [7, 11) is 0. The van der Waals surface area contributed by atoms with E-state index in [0.29, 0.717) is 65.1 Å². The monoisotopic (exact) mass is 860 g/mol. The fraction of sp³-hybridized carbons (Fsp3) is 0.675. The highest BCUT2D eigenvalue weighted by Crippen LogP contribution is 2.32. The van der Waals surface area contributed by atoms with Crippen molar-refractivity contribution >= 4 is 49.8 Å². The van der Waals surface area contributed by atoms with Gasteiger partial charge in [-0.1, -0.05) is 95.0 Å². The van der Waals surface area contributed by atoms with Crippen LogP contribution in [0.4, 0.5) is 0 Å². The van der Waals surface area contributed by atoms with Crippen molar-refractivity contribution in [1.82, 2.24) is 0 Å². The van der Waals surface area contributed by atoms with Crippen LogP contribution in [0.1, 0.15) is 90.2 Å². The first-order valence-electron chi connectivity index (χ1n) is 18.5. The van der Waals surface area contributed by atoms with E-state index in [2.05, 4.69) is 64.1 Å². The van der Waals surface area contributed by atoms with E-state index in [9.17, 15) is 14.4 Å². The van der Waals surface area contributed by atoms with Crippen LogP contribution in [0.2, 0.25) is 0 Å². The highest BCUT2D eigenvalue weighted by molar-refractivity contribution is 9.10. The van der Waals surface area contributed by atoms with Crippen LogP contribution < -0.4 is 0 Å². The van der Waals surface area contributed by atoms with Crippen molar-refractivity contribution < 1.29 is 47.8 Å². The highest BCUT2D eigenvalue weighted by atomic mass is 79.9. The van der Waals surface area contributed by atoms with Crippen LogP contribution in [-0.2, 0) is 60.7 Å². The molecule has 0 aliphatic carbocycles. The van der Waals surface area contributed by atoms with E-state index in [1.165, 1.54) is 0 Å². The van der Waals surface area contributed by atoms with Crippen LogP contribution >= 0.6 is 31.9 Å². The number of alkyl halides is 2. The molecule has 1 aromatic rings. The summed E-state index contributed by atoms with van der Waals surface area (Å²) in [5.41, 5.74) is 2.15. The Morgan fingerprint density at radius 3 is 1.65 bits per heavy atom. The minimum atomic E-state index is -1.07. The summed E-state index contributed by atoms with van der Waals surface area (Å²) in [5, 5.41) is 0. The molecule has 0 heterocycles. The van der Waals surface area contributed by atoms with Gasteiger partial charge in [0.2, 0.25) is 0 Å². The van der Waals surface area contributed by atoms with Crippen molar-refractivity contribution in [3.05, 3.63) is 60.7 Å². The molecular formula is C40H62Br2O10. The maximum Gasteiger partial charge on any atom is 0.322 e. The van der Waals surface area contributed by atoms with Crippen LogP contribution in [-0.4, -0.2) is 86.0 Å². The van der Waals surface area contributed by atoms with Crippen molar-refractivity contribution in [1.29, 1.82) is 0 Å². The smallest absolute Gasteiger partial charge is 0.322 e. The first-order chi connectivity index (χ1) is 24.9. The summed E-state index contributed by atoms with van der Waals surface area (Å²) >= 11 is 7.26. The van der Waals surface area contributed by atoms with Crippen molar-refractivity contribution in [3.63, 3.8) is 0 Å². The van der Waals surface area contributed by atoms with Crippen LogP contribution in [0.5, 0.6) is 0 Å².